The summed E-state index contributed by atoms with van der Waals surface area (Å²) in [6, 6.07) is 13.1. The molecular weight excluding hydrogens is 234 g/mol. The van der Waals surface area contributed by atoms with Crippen molar-refractivity contribution in [1.29, 1.82) is 0 Å². The maximum atomic E-state index is 4.04. The summed E-state index contributed by atoms with van der Waals surface area (Å²) in [4.78, 5) is 6.15. The van der Waals surface area contributed by atoms with Crippen LogP contribution in [0.3, 0.4) is 0 Å². The average Bonchev–Trinajstić information content (AvgIpc) is 2.46. The van der Waals surface area contributed by atoms with E-state index < -0.39 is 0 Å². The summed E-state index contributed by atoms with van der Waals surface area (Å²) < 4.78 is 0. The summed E-state index contributed by atoms with van der Waals surface area (Å²) >= 11 is 0. The predicted molar refractivity (Wildman–Crippen MR) is 80.3 cm³/mol. The van der Waals surface area contributed by atoms with E-state index in [1.54, 1.807) is 0 Å². The van der Waals surface area contributed by atoms with Crippen LogP contribution in [-0.4, -0.2) is 19.1 Å². The fraction of sp³-hybridized carbons (Fsp3) is 0.312. The van der Waals surface area contributed by atoms with Crippen molar-refractivity contribution in [2.75, 3.05) is 19.0 Å². The van der Waals surface area contributed by atoms with Gasteiger partial charge in [0.25, 0.3) is 0 Å². The summed E-state index contributed by atoms with van der Waals surface area (Å²) in [6.07, 6.45) is 3.67. The van der Waals surface area contributed by atoms with Crippen molar-refractivity contribution in [2.24, 2.45) is 0 Å². The quantitative estimate of drug-likeness (QED) is 0.890. The minimum absolute atomic E-state index is 0.330. The monoisotopic (exact) mass is 255 g/mol. The van der Waals surface area contributed by atoms with Gasteiger partial charge in [0.2, 0.25) is 0 Å². The van der Waals surface area contributed by atoms with Crippen LogP contribution in [0.2, 0.25) is 0 Å². The van der Waals surface area contributed by atoms with Gasteiger partial charge in [0.1, 0.15) is 0 Å². The maximum absolute atomic E-state index is 4.04. The molecule has 0 aliphatic carbocycles. The minimum atomic E-state index is 0.330. The molecule has 2 rings (SSSR count). The third-order valence-corrected chi connectivity index (χ3v) is 3.27. The first-order chi connectivity index (χ1) is 9.16. The summed E-state index contributed by atoms with van der Waals surface area (Å²) in [7, 11) is 4.11. The highest BCUT2D eigenvalue weighted by Crippen LogP contribution is 2.14. The van der Waals surface area contributed by atoms with Gasteiger partial charge in [0.05, 0.1) is 0 Å². The van der Waals surface area contributed by atoms with Crippen LogP contribution in [0.4, 0.5) is 5.69 Å². The second-order valence-corrected chi connectivity index (χ2v) is 4.94. The lowest BCUT2D eigenvalue weighted by molar-refractivity contribution is 0.574. The normalized spacial score (nSPS) is 12.2. The van der Waals surface area contributed by atoms with E-state index in [0.29, 0.717) is 6.04 Å². The highest BCUT2D eigenvalue weighted by atomic mass is 15.1. The molecule has 3 heteroatoms. The zero-order chi connectivity index (χ0) is 13.7. The van der Waals surface area contributed by atoms with Crippen LogP contribution in [0.1, 0.15) is 24.1 Å². The molecule has 2 aromatic rings. The molecule has 0 saturated carbocycles. The number of hydrogen-bond donors (Lipinski definition) is 1. The van der Waals surface area contributed by atoms with E-state index in [-0.39, 0.29) is 0 Å². The molecule has 1 heterocycles. The zero-order valence-corrected chi connectivity index (χ0v) is 11.8. The molecule has 0 bridgehead atoms. The standard InChI is InChI=1S/C16H21N3/c1-13(15-8-10-17-11-9-15)18-12-14-4-6-16(7-5-14)19(2)3/h4-11,13,18H,12H2,1-3H3/t13-/m1/s1. The Morgan fingerprint density at radius 1 is 1.05 bits per heavy atom. The van der Waals surface area contributed by atoms with E-state index in [1.165, 1.54) is 16.8 Å². The fourth-order valence-corrected chi connectivity index (χ4v) is 1.95. The lowest BCUT2D eigenvalue weighted by atomic mass is 10.1. The van der Waals surface area contributed by atoms with E-state index >= 15 is 0 Å². The summed E-state index contributed by atoms with van der Waals surface area (Å²) in [5.74, 6) is 0. The Labute approximate surface area is 115 Å². The molecule has 1 atom stereocenters. The summed E-state index contributed by atoms with van der Waals surface area (Å²) in [5.41, 5.74) is 3.79. The smallest absolute Gasteiger partial charge is 0.0361 e. The first kappa shape index (κ1) is 13.6. The van der Waals surface area contributed by atoms with Gasteiger partial charge in [-0.1, -0.05) is 12.1 Å². The molecule has 0 amide bonds. The van der Waals surface area contributed by atoms with Gasteiger partial charge in [-0.05, 0) is 42.3 Å². The molecule has 0 unspecified atom stereocenters. The Morgan fingerprint density at radius 3 is 2.26 bits per heavy atom. The van der Waals surface area contributed by atoms with Crippen molar-refractivity contribution in [3.05, 3.63) is 59.9 Å². The van der Waals surface area contributed by atoms with Gasteiger partial charge in [-0.25, -0.2) is 0 Å². The van der Waals surface area contributed by atoms with Crippen molar-refractivity contribution in [2.45, 2.75) is 19.5 Å². The van der Waals surface area contributed by atoms with E-state index in [1.807, 2.05) is 24.5 Å². The van der Waals surface area contributed by atoms with Gasteiger partial charge in [-0.3, -0.25) is 4.98 Å². The van der Waals surface area contributed by atoms with E-state index in [4.69, 9.17) is 0 Å². The number of nitrogens with zero attached hydrogens (tertiary/aromatic N) is 2. The minimum Gasteiger partial charge on any atom is -0.378 e. The molecule has 0 saturated heterocycles. The van der Waals surface area contributed by atoms with E-state index in [2.05, 4.69) is 60.5 Å². The lowest BCUT2D eigenvalue weighted by Gasteiger charge is -2.15. The second kappa shape index (κ2) is 6.34. The molecular formula is C16H21N3. The molecule has 0 spiro atoms. The Balaban J connectivity index is 1.92. The van der Waals surface area contributed by atoms with Gasteiger partial charge in [0.15, 0.2) is 0 Å². The molecule has 0 aliphatic rings. The molecule has 100 valence electrons. The second-order valence-electron chi connectivity index (χ2n) is 4.94. The molecule has 0 aliphatic heterocycles. The highest BCUT2D eigenvalue weighted by molar-refractivity contribution is 5.45. The third-order valence-electron chi connectivity index (χ3n) is 3.27. The van der Waals surface area contributed by atoms with Crippen LogP contribution in [0, 0.1) is 0 Å². The van der Waals surface area contributed by atoms with Gasteiger partial charge in [0, 0.05) is 44.8 Å². The van der Waals surface area contributed by atoms with Gasteiger partial charge >= 0.3 is 0 Å². The molecule has 0 fully saturated rings. The molecule has 3 nitrogen and oxygen atoms in total. The van der Waals surface area contributed by atoms with Crippen LogP contribution in [0.25, 0.3) is 0 Å². The van der Waals surface area contributed by atoms with Crippen LogP contribution in [0.15, 0.2) is 48.8 Å². The number of benzene rings is 1. The van der Waals surface area contributed by atoms with Crippen molar-refractivity contribution < 1.29 is 0 Å². The Kier molecular flexibility index (Phi) is 4.53. The number of pyridine rings is 1. The van der Waals surface area contributed by atoms with Crippen molar-refractivity contribution >= 4 is 5.69 Å². The molecule has 1 aromatic carbocycles. The summed E-state index contributed by atoms with van der Waals surface area (Å²) in [6.45, 7) is 3.04. The van der Waals surface area contributed by atoms with Gasteiger partial charge in [-0.2, -0.15) is 0 Å². The molecule has 0 radical (unpaired) electrons. The third kappa shape index (κ3) is 3.80. The number of aromatic nitrogens is 1. The lowest BCUT2D eigenvalue weighted by Crippen LogP contribution is -2.18. The Hall–Kier alpha value is -1.87. The van der Waals surface area contributed by atoms with Gasteiger partial charge in [-0.15, -0.1) is 0 Å². The summed E-state index contributed by atoms with van der Waals surface area (Å²) in [5, 5.41) is 3.52. The first-order valence-electron chi connectivity index (χ1n) is 6.56. The fourth-order valence-electron chi connectivity index (χ4n) is 1.95. The van der Waals surface area contributed by atoms with Gasteiger partial charge < -0.3 is 10.2 Å². The number of hydrogen-bond acceptors (Lipinski definition) is 3. The maximum Gasteiger partial charge on any atom is 0.0361 e. The SMILES string of the molecule is C[C@@H](NCc1ccc(N(C)C)cc1)c1ccncc1. The predicted octanol–water partition coefficient (Wildman–Crippen LogP) is 3.00. The molecule has 19 heavy (non-hydrogen) atoms. The van der Waals surface area contributed by atoms with Crippen molar-refractivity contribution in [3.63, 3.8) is 0 Å². The van der Waals surface area contributed by atoms with Crippen LogP contribution < -0.4 is 10.2 Å². The topological polar surface area (TPSA) is 28.2 Å². The average molecular weight is 255 g/mol. The zero-order valence-electron chi connectivity index (χ0n) is 11.8. The highest BCUT2D eigenvalue weighted by Gasteiger charge is 2.04. The van der Waals surface area contributed by atoms with E-state index in [9.17, 15) is 0 Å². The van der Waals surface area contributed by atoms with Crippen LogP contribution in [0.5, 0.6) is 0 Å². The Bertz CT molecular complexity index is 491. The van der Waals surface area contributed by atoms with Crippen LogP contribution in [-0.2, 0) is 6.54 Å². The number of anilines is 1. The Morgan fingerprint density at radius 2 is 1.68 bits per heavy atom. The number of nitrogens with one attached hydrogen (secondary N) is 1. The van der Waals surface area contributed by atoms with Crippen molar-refractivity contribution in [1.82, 2.24) is 10.3 Å². The van der Waals surface area contributed by atoms with Crippen molar-refractivity contribution in [3.8, 4) is 0 Å². The number of rotatable bonds is 5. The first-order valence-corrected chi connectivity index (χ1v) is 6.56. The molecule has 1 N–H and O–H groups in total. The molecule has 1 aromatic heterocycles. The largest absolute Gasteiger partial charge is 0.378 e. The van der Waals surface area contributed by atoms with Crippen LogP contribution >= 0.6 is 0 Å². The van der Waals surface area contributed by atoms with E-state index in [0.717, 1.165) is 6.54 Å².